The number of benzene rings is 2. The second kappa shape index (κ2) is 8.33. The van der Waals surface area contributed by atoms with Crippen molar-refractivity contribution in [3.63, 3.8) is 0 Å². The zero-order valence-electron chi connectivity index (χ0n) is 17.7. The molecule has 0 saturated heterocycles. The lowest BCUT2D eigenvalue weighted by atomic mass is 10.1. The molecular formula is C22H22N4O3S2. The van der Waals surface area contributed by atoms with Crippen LogP contribution in [0, 0.1) is 24.0 Å². The highest BCUT2D eigenvalue weighted by Gasteiger charge is 2.24. The number of non-ortho nitro benzene ring substituents is 1. The van der Waals surface area contributed by atoms with Crippen LogP contribution in [0.25, 0.3) is 20.3 Å². The highest BCUT2D eigenvalue weighted by atomic mass is 32.1. The quantitative estimate of drug-likeness (QED) is 0.294. The number of thiazole rings is 1. The Hall–Kier alpha value is -2.88. The molecule has 0 aliphatic carbocycles. The minimum absolute atomic E-state index is 0.0192. The number of amides is 1. The summed E-state index contributed by atoms with van der Waals surface area (Å²) in [5.41, 5.74) is 3.20. The molecule has 0 bridgehead atoms. The van der Waals surface area contributed by atoms with Crippen LogP contribution in [0.2, 0.25) is 0 Å². The molecule has 0 saturated carbocycles. The van der Waals surface area contributed by atoms with Gasteiger partial charge in [0.15, 0.2) is 5.13 Å². The van der Waals surface area contributed by atoms with E-state index in [1.54, 1.807) is 17.0 Å². The highest BCUT2D eigenvalue weighted by Crippen LogP contribution is 2.35. The van der Waals surface area contributed by atoms with Gasteiger partial charge >= 0.3 is 0 Å². The Balaban J connectivity index is 1.75. The lowest BCUT2D eigenvalue weighted by Gasteiger charge is -2.21. The zero-order valence-corrected chi connectivity index (χ0v) is 19.3. The SMILES string of the molecule is Cc1cc(C)c2sc(N(CCN(C)C)C(=O)c3cc4cc([N+](=O)[O-])ccc4s3)nc2c1. The molecule has 0 aliphatic rings. The van der Waals surface area contributed by atoms with E-state index in [2.05, 4.69) is 13.0 Å². The fraction of sp³-hybridized carbons (Fsp3) is 0.273. The van der Waals surface area contributed by atoms with Gasteiger partial charge in [0.05, 0.1) is 20.0 Å². The number of hydrogen-bond acceptors (Lipinski definition) is 7. The van der Waals surface area contributed by atoms with Gasteiger partial charge in [0, 0.05) is 35.3 Å². The number of aryl methyl sites for hydroxylation is 2. The van der Waals surface area contributed by atoms with E-state index in [0.717, 1.165) is 26.0 Å². The van der Waals surface area contributed by atoms with Crippen molar-refractivity contribution in [2.75, 3.05) is 32.1 Å². The number of anilines is 1. The molecule has 0 radical (unpaired) electrons. The van der Waals surface area contributed by atoms with Crippen LogP contribution in [0.15, 0.2) is 36.4 Å². The molecule has 4 rings (SSSR count). The summed E-state index contributed by atoms with van der Waals surface area (Å²) in [6.45, 7) is 5.28. The molecule has 0 atom stereocenters. The summed E-state index contributed by atoms with van der Waals surface area (Å²) in [4.78, 5) is 33.2. The average molecular weight is 455 g/mol. The summed E-state index contributed by atoms with van der Waals surface area (Å²) in [6, 6.07) is 10.6. The molecule has 160 valence electrons. The van der Waals surface area contributed by atoms with E-state index >= 15 is 0 Å². The number of fused-ring (bicyclic) bond motifs is 2. The molecule has 4 aromatic rings. The molecule has 0 unspecified atom stereocenters. The van der Waals surface area contributed by atoms with E-state index in [1.165, 1.54) is 34.8 Å². The molecule has 7 nitrogen and oxygen atoms in total. The molecule has 1 amide bonds. The van der Waals surface area contributed by atoms with Gasteiger partial charge in [-0.15, -0.1) is 11.3 Å². The van der Waals surface area contributed by atoms with Crippen LogP contribution in [0.1, 0.15) is 20.8 Å². The van der Waals surface area contributed by atoms with E-state index < -0.39 is 4.92 Å². The minimum Gasteiger partial charge on any atom is -0.308 e. The van der Waals surface area contributed by atoms with E-state index in [9.17, 15) is 14.9 Å². The molecule has 0 aliphatic heterocycles. The van der Waals surface area contributed by atoms with Crippen molar-refractivity contribution in [2.45, 2.75) is 13.8 Å². The summed E-state index contributed by atoms with van der Waals surface area (Å²) in [5, 5.41) is 12.5. The van der Waals surface area contributed by atoms with Gasteiger partial charge in [0.1, 0.15) is 0 Å². The maximum atomic E-state index is 13.5. The third-order valence-electron chi connectivity index (χ3n) is 4.98. The Morgan fingerprint density at radius 3 is 2.58 bits per heavy atom. The standard InChI is InChI=1S/C22H22N4O3S2/c1-13-9-14(2)20-17(10-13)23-22(31-20)25(8-7-24(3)4)21(27)19-12-15-11-16(26(28)29)5-6-18(15)30-19/h5-6,9-12H,7-8H2,1-4H3. The number of thiophene rings is 1. The van der Waals surface area contributed by atoms with Gasteiger partial charge in [-0.05, 0) is 57.3 Å². The van der Waals surface area contributed by atoms with E-state index in [-0.39, 0.29) is 11.6 Å². The zero-order chi connectivity index (χ0) is 22.3. The summed E-state index contributed by atoms with van der Waals surface area (Å²) in [5.74, 6) is -0.140. The fourth-order valence-electron chi connectivity index (χ4n) is 3.45. The summed E-state index contributed by atoms with van der Waals surface area (Å²) in [6.07, 6.45) is 0. The molecule has 9 heteroatoms. The first-order chi connectivity index (χ1) is 14.7. The number of likely N-dealkylation sites (N-methyl/N-ethyl adjacent to an activating group) is 1. The van der Waals surface area contributed by atoms with Crippen molar-refractivity contribution in [3.8, 4) is 0 Å². The van der Waals surface area contributed by atoms with Crippen molar-refractivity contribution >= 4 is 59.7 Å². The molecule has 2 heterocycles. The van der Waals surface area contributed by atoms with Gasteiger partial charge in [-0.25, -0.2) is 4.98 Å². The Morgan fingerprint density at radius 1 is 1.10 bits per heavy atom. The van der Waals surface area contributed by atoms with Crippen molar-refractivity contribution in [2.24, 2.45) is 0 Å². The minimum atomic E-state index is -0.423. The molecule has 2 aromatic heterocycles. The second-order valence-corrected chi connectivity index (χ2v) is 9.84. The number of carbonyl (C=O) groups is 1. The number of nitro benzene ring substituents is 1. The monoisotopic (exact) mass is 454 g/mol. The van der Waals surface area contributed by atoms with Gasteiger partial charge in [-0.1, -0.05) is 17.4 Å². The van der Waals surface area contributed by atoms with Crippen molar-refractivity contribution in [3.05, 3.63) is 62.5 Å². The Kier molecular flexibility index (Phi) is 5.74. The Labute approximate surface area is 187 Å². The summed E-state index contributed by atoms with van der Waals surface area (Å²) >= 11 is 2.86. The van der Waals surface area contributed by atoms with Gasteiger partial charge in [-0.2, -0.15) is 0 Å². The molecule has 0 N–H and O–H groups in total. The normalized spacial score (nSPS) is 11.5. The Bertz CT molecular complexity index is 1310. The first-order valence-electron chi connectivity index (χ1n) is 9.75. The number of nitrogens with zero attached hydrogens (tertiary/aromatic N) is 4. The maximum Gasteiger partial charge on any atom is 0.270 e. The number of rotatable bonds is 6. The van der Waals surface area contributed by atoms with Gasteiger partial charge in [0.25, 0.3) is 11.6 Å². The lowest BCUT2D eigenvalue weighted by Crippen LogP contribution is -2.36. The van der Waals surface area contributed by atoms with E-state index in [0.29, 0.717) is 28.5 Å². The molecule has 0 fully saturated rings. The van der Waals surface area contributed by atoms with Crippen LogP contribution in [-0.2, 0) is 0 Å². The van der Waals surface area contributed by atoms with Crippen LogP contribution >= 0.6 is 22.7 Å². The van der Waals surface area contributed by atoms with Gasteiger partial charge in [0.2, 0.25) is 0 Å². The lowest BCUT2D eigenvalue weighted by molar-refractivity contribution is -0.384. The number of nitro groups is 1. The van der Waals surface area contributed by atoms with Crippen molar-refractivity contribution < 1.29 is 9.72 Å². The fourth-order valence-corrected chi connectivity index (χ4v) is 5.48. The van der Waals surface area contributed by atoms with Crippen molar-refractivity contribution in [1.82, 2.24) is 9.88 Å². The predicted octanol–water partition coefficient (Wildman–Crippen LogP) is 5.24. The largest absolute Gasteiger partial charge is 0.308 e. The highest BCUT2D eigenvalue weighted by molar-refractivity contribution is 7.23. The first kappa shape index (κ1) is 21.4. The predicted molar refractivity (Wildman–Crippen MR) is 128 cm³/mol. The van der Waals surface area contributed by atoms with Gasteiger partial charge < -0.3 is 4.90 Å². The molecule has 31 heavy (non-hydrogen) atoms. The Morgan fingerprint density at radius 2 is 1.87 bits per heavy atom. The third kappa shape index (κ3) is 4.30. The average Bonchev–Trinajstić information content (AvgIpc) is 3.31. The van der Waals surface area contributed by atoms with Crippen LogP contribution in [-0.4, -0.2) is 47.9 Å². The molecule has 0 spiro atoms. The smallest absolute Gasteiger partial charge is 0.270 e. The number of aromatic nitrogens is 1. The number of carbonyl (C=O) groups excluding carboxylic acids is 1. The first-order valence-corrected chi connectivity index (χ1v) is 11.4. The van der Waals surface area contributed by atoms with E-state index in [1.807, 2.05) is 32.0 Å². The van der Waals surface area contributed by atoms with Crippen LogP contribution in [0.3, 0.4) is 0 Å². The molecular weight excluding hydrogens is 432 g/mol. The summed E-state index contributed by atoms with van der Waals surface area (Å²) < 4.78 is 1.92. The number of hydrogen-bond donors (Lipinski definition) is 0. The van der Waals surface area contributed by atoms with E-state index in [4.69, 9.17) is 4.98 Å². The van der Waals surface area contributed by atoms with Crippen LogP contribution in [0.4, 0.5) is 10.8 Å². The van der Waals surface area contributed by atoms with Crippen molar-refractivity contribution in [1.29, 1.82) is 0 Å². The summed E-state index contributed by atoms with van der Waals surface area (Å²) in [7, 11) is 3.93. The molecule has 2 aromatic carbocycles. The van der Waals surface area contributed by atoms with Gasteiger partial charge in [-0.3, -0.25) is 19.8 Å². The third-order valence-corrected chi connectivity index (χ3v) is 7.31. The second-order valence-electron chi connectivity index (χ2n) is 7.78. The maximum absolute atomic E-state index is 13.5. The topological polar surface area (TPSA) is 79.6 Å². The van der Waals surface area contributed by atoms with Crippen LogP contribution in [0.5, 0.6) is 0 Å². The van der Waals surface area contributed by atoms with Crippen LogP contribution < -0.4 is 4.90 Å².